The molecule has 2 aliphatic rings. The van der Waals surface area contributed by atoms with Gasteiger partial charge in [-0.1, -0.05) is 77.9 Å². The summed E-state index contributed by atoms with van der Waals surface area (Å²) in [6, 6.07) is 39.1. The van der Waals surface area contributed by atoms with Gasteiger partial charge in [0.2, 0.25) is 0 Å². The number of rotatable bonds is 9. The number of benzene rings is 4. The van der Waals surface area contributed by atoms with E-state index in [0.717, 1.165) is 61.5 Å². The molecule has 296 valence electrons. The predicted octanol–water partition coefficient (Wildman–Crippen LogP) is 11.3. The van der Waals surface area contributed by atoms with Gasteiger partial charge in [-0.15, -0.1) is 22.1 Å². The van der Waals surface area contributed by atoms with Crippen LogP contribution < -0.4 is 28.9 Å². The Morgan fingerprint density at radius 2 is 0.817 bits per heavy atom. The van der Waals surface area contributed by atoms with Gasteiger partial charge < -0.3 is 28.9 Å². The van der Waals surface area contributed by atoms with E-state index in [4.69, 9.17) is 38.9 Å². The second kappa shape index (κ2) is 16.8. The van der Waals surface area contributed by atoms with E-state index < -0.39 is 0 Å². The number of ether oxygens (including phenoxy) is 4. The van der Waals surface area contributed by atoms with Crippen molar-refractivity contribution in [3.63, 3.8) is 0 Å². The van der Waals surface area contributed by atoms with Crippen LogP contribution in [0.2, 0.25) is 0 Å². The molecule has 0 fully saturated rings. The largest absolute Gasteiger partial charge is 2.00 e. The van der Waals surface area contributed by atoms with Crippen molar-refractivity contribution in [2.24, 2.45) is 5.11 Å². The molecule has 0 saturated carbocycles. The zero-order valence-electron chi connectivity index (χ0n) is 32.9. The van der Waals surface area contributed by atoms with Crippen LogP contribution in [-0.2, 0) is 16.5 Å². The zero-order valence-corrected chi connectivity index (χ0v) is 33.8. The maximum atomic E-state index is 9.93. The van der Waals surface area contributed by atoms with E-state index in [1.807, 2.05) is 140 Å². The average Bonchev–Trinajstić information content (AvgIpc) is 4.13. The number of methoxy groups -OCH3 is 4. The smallest absolute Gasteiger partial charge is 0.657 e. The molecule has 0 aliphatic carbocycles. The van der Waals surface area contributed by atoms with E-state index in [-0.39, 0.29) is 16.5 Å². The summed E-state index contributed by atoms with van der Waals surface area (Å²) in [5.41, 5.74) is 21.9. The number of aromatic nitrogens is 4. The Labute approximate surface area is 355 Å². The third kappa shape index (κ3) is 7.26. The molecule has 3 aromatic heterocycles. The van der Waals surface area contributed by atoms with Gasteiger partial charge in [0, 0.05) is 10.5 Å². The van der Waals surface area contributed by atoms with Gasteiger partial charge in [-0.2, -0.15) is 0 Å². The fourth-order valence-corrected chi connectivity index (χ4v) is 7.48. The van der Waals surface area contributed by atoms with Crippen LogP contribution in [0.15, 0.2) is 126 Å². The first-order chi connectivity index (χ1) is 29.0. The van der Waals surface area contributed by atoms with Crippen LogP contribution in [0.5, 0.6) is 23.0 Å². The minimum Gasteiger partial charge on any atom is -0.657 e. The van der Waals surface area contributed by atoms with Crippen molar-refractivity contribution in [1.29, 1.82) is 0 Å². The van der Waals surface area contributed by atoms with E-state index >= 15 is 0 Å². The maximum absolute atomic E-state index is 9.93. The molecule has 4 aromatic carbocycles. The molecule has 0 radical (unpaired) electrons. The summed E-state index contributed by atoms with van der Waals surface area (Å²) in [4.78, 5) is 24.5. The Kier molecular flexibility index (Phi) is 11.0. The Bertz CT molecular complexity index is 3020. The summed E-state index contributed by atoms with van der Waals surface area (Å²) >= 11 is 0. The summed E-state index contributed by atoms with van der Waals surface area (Å²) in [5, 5.41) is 4.21. The molecule has 60 heavy (non-hydrogen) atoms. The Hall–Kier alpha value is -7.52. The number of azide groups is 1. The molecule has 0 atom stereocenters. The molecule has 5 heterocycles. The summed E-state index contributed by atoms with van der Waals surface area (Å²) < 4.78 is 22.1. The molecule has 0 N–H and O–H groups in total. The van der Waals surface area contributed by atoms with Crippen molar-refractivity contribution in [3.8, 4) is 67.5 Å². The standard InChI is InChI=1S/C48H35N7O4.Ni/c1-56-32-13-5-28(6-14-32)44-36-21-22-37(50-36)45(29-7-15-33(57-2)16-8-29)39-25-26-41(52-39)47(31-11-19-35(59-4)20-12-31)48-43(54-55-49)27-42(53-48)46(40-24-23-38(44)51-40)30-9-17-34(58-3)18-10-30;/h5-27H,1-4H3;/q-2;+2. The van der Waals surface area contributed by atoms with Crippen LogP contribution in [0.25, 0.3) is 101 Å². The van der Waals surface area contributed by atoms with Crippen molar-refractivity contribution in [1.82, 2.24) is 19.9 Å². The summed E-state index contributed by atoms with van der Waals surface area (Å²) in [5.74, 6) is 2.86. The first-order valence-electron chi connectivity index (χ1n) is 18.7. The molecule has 9 rings (SSSR count). The third-order valence-electron chi connectivity index (χ3n) is 10.4. The fraction of sp³-hybridized carbons (Fsp3) is 0.0833. The monoisotopic (exact) mass is 831 g/mol. The molecule has 7 aromatic rings. The van der Waals surface area contributed by atoms with E-state index in [9.17, 15) is 5.53 Å². The Balaban J connectivity index is 0.00000499. The van der Waals surface area contributed by atoms with Crippen molar-refractivity contribution in [3.05, 3.63) is 155 Å². The van der Waals surface area contributed by atoms with Gasteiger partial charge in [0.1, 0.15) is 23.0 Å². The van der Waals surface area contributed by atoms with Crippen LogP contribution in [0.4, 0.5) is 0 Å². The molecule has 0 amide bonds. The van der Waals surface area contributed by atoms with E-state index in [1.54, 1.807) is 28.4 Å². The third-order valence-corrected chi connectivity index (χ3v) is 10.4. The van der Waals surface area contributed by atoms with Gasteiger partial charge in [-0.05, 0) is 111 Å². The quantitative estimate of drug-likeness (QED) is 0.0606. The molecule has 0 saturated heterocycles. The molecule has 2 aliphatic heterocycles. The van der Waals surface area contributed by atoms with Gasteiger partial charge in [-0.25, -0.2) is 9.97 Å². The summed E-state index contributed by atoms with van der Waals surface area (Å²) in [7, 11) is 6.55. The van der Waals surface area contributed by atoms with Gasteiger partial charge in [0.25, 0.3) is 0 Å². The van der Waals surface area contributed by atoms with Crippen LogP contribution >= 0.6 is 0 Å². The average molecular weight is 833 g/mol. The maximum Gasteiger partial charge on any atom is 2.00 e. The summed E-state index contributed by atoms with van der Waals surface area (Å²) in [6.07, 6.45) is 5.79. The van der Waals surface area contributed by atoms with Crippen LogP contribution in [0, 0.1) is 0 Å². The first kappa shape index (κ1) is 39.3. The molecule has 12 heteroatoms. The molecule has 0 unspecified atom stereocenters. The Morgan fingerprint density at radius 1 is 0.450 bits per heavy atom. The fourth-order valence-electron chi connectivity index (χ4n) is 7.48. The summed E-state index contributed by atoms with van der Waals surface area (Å²) in [6.45, 7) is 0. The Morgan fingerprint density at radius 3 is 1.25 bits per heavy atom. The van der Waals surface area contributed by atoms with Crippen molar-refractivity contribution >= 4 is 46.0 Å². The van der Waals surface area contributed by atoms with Crippen molar-refractivity contribution in [2.45, 2.75) is 0 Å². The second-order valence-corrected chi connectivity index (χ2v) is 13.6. The van der Waals surface area contributed by atoms with Crippen molar-refractivity contribution < 1.29 is 35.4 Å². The van der Waals surface area contributed by atoms with Gasteiger partial charge >= 0.3 is 16.5 Å². The van der Waals surface area contributed by atoms with Gasteiger partial charge in [0.15, 0.2) is 0 Å². The van der Waals surface area contributed by atoms with E-state index in [0.29, 0.717) is 56.6 Å². The number of hydrogen-bond donors (Lipinski definition) is 0. The molecular formula is C48H35N7NiO4. The molecule has 0 spiro atoms. The number of hydrogen-bond acceptors (Lipinski definition) is 7. The minimum absolute atomic E-state index is 0. The van der Waals surface area contributed by atoms with Gasteiger partial charge in [-0.3, -0.25) is 0 Å². The first-order valence-corrected chi connectivity index (χ1v) is 18.7. The SMILES string of the molecule is COc1ccc(-c2c3nc(c(-c4ccc(OC)cc4)c4ccc([n-]4)c(-c4ccc(OC)cc4)c4ccc([n-]4)c(-c4ccc(OC)cc4)c4nc2C=C4N=[N+]=[N-])C=C3)cc1.[Ni+2]. The van der Waals surface area contributed by atoms with Crippen LogP contribution in [0.1, 0.15) is 22.8 Å². The second-order valence-electron chi connectivity index (χ2n) is 13.6. The van der Waals surface area contributed by atoms with Crippen LogP contribution in [0.3, 0.4) is 0 Å². The van der Waals surface area contributed by atoms with Crippen molar-refractivity contribution in [2.75, 3.05) is 28.4 Å². The topological polar surface area (TPSA) is 140 Å². The predicted molar refractivity (Wildman–Crippen MR) is 233 cm³/mol. The number of nitrogens with zero attached hydrogens (tertiary/aromatic N) is 7. The van der Waals surface area contributed by atoms with Crippen LogP contribution in [-0.4, -0.2) is 38.4 Å². The minimum atomic E-state index is 0. The molecule has 11 nitrogen and oxygen atoms in total. The van der Waals surface area contributed by atoms with E-state index in [2.05, 4.69) is 10.0 Å². The van der Waals surface area contributed by atoms with E-state index in [1.165, 1.54) is 0 Å². The normalized spacial score (nSPS) is 11.6. The molecule has 8 bridgehead atoms. The van der Waals surface area contributed by atoms with Gasteiger partial charge in [0.05, 0.1) is 56.9 Å². The zero-order chi connectivity index (χ0) is 40.5. The molecular weight excluding hydrogens is 797 g/mol. The number of fused-ring (bicyclic) bond motifs is 8.